The number of nitrogens with one attached hydrogen (secondary N) is 2. The predicted molar refractivity (Wildman–Crippen MR) is 93.3 cm³/mol. The Morgan fingerprint density at radius 1 is 1.33 bits per heavy atom. The summed E-state index contributed by atoms with van der Waals surface area (Å²) in [4.78, 5) is 12.3. The van der Waals surface area contributed by atoms with Crippen molar-refractivity contribution in [2.75, 3.05) is 11.9 Å². The van der Waals surface area contributed by atoms with Gasteiger partial charge in [0.15, 0.2) is 0 Å². The van der Waals surface area contributed by atoms with Crippen LogP contribution in [0.5, 0.6) is 5.75 Å². The van der Waals surface area contributed by atoms with E-state index in [1.54, 1.807) is 6.07 Å². The quantitative estimate of drug-likeness (QED) is 0.753. The molecule has 1 heterocycles. The molecule has 4 unspecified atom stereocenters. The number of hydrogen-bond donors (Lipinski definition) is 2. The van der Waals surface area contributed by atoms with E-state index in [0.29, 0.717) is 18.0 Å². The molecule has 1 saturated heterocycles. The summed E-state index contributed by atoms with van der Waals surface area (Å²) >= 11 is 6.23. The van der Waals surface area contributed by atoms with E-state index in [9.17, 15) is 18.0 Å². The molecule has 4 atom stereocenters. The average Bonchev–Trinajstić information content (AvgIpc) is 2.59. The summed E-state index contributed by atoms with van der Waals surface area (Å²) in [6.07, 6.45) is -1.59. The van der Waals surface area contributed by atoms with Crippen molar-refractivity contribution in [3.63, 3.8) is 0 Å². The van der Waals surface area contributed by atoms with Gasteiger partial charge in [-0.1, -0.05) is 0 Å². The molecule has 1 aliphatic carbocycles. The monoisotopic (exact) mass is 401 g/mol. The van der Waals surface area contributed by atoms with Crippen LogP contribution in [0, 0.1) is 23.2 Å². The molecular formula is C18H19ClF3N3O2. The van der Waals surface area contributed by atoms with Gasteiger partial charge in [0.25, 0.3) is 0 Å². The summed E-state index contributed by atoms with van der Waals surface area (Å²) in [6.45, 7) is 0.277. The predicted octanol–water partition coefficient (Wildman–Crippen LogP) is 3.78. The van der Waals surface area contributed by atoms with E-state index in [2.05, 4.69) is 15.4 Å². The van der Waals surface area contributed by atoms with Crippen molar-refractivity contribution >= 4 is 23.2 Å². The molecule has 5 nitrogen and oxygen atoms in total. The molecule has 2 fully saturated rings. The Morgan fingerprint density at radius 3 is 2.81 bits per heavy atom. The van der Waals surface area contributed by atoms with Crippen LogP contribution in [0.4, 0.5) is 18.9 Å². The van der Waals surface area contributed by atoms with Gasteiger partial charge in [-0.15, -0.1) is 24.8 Å². The maximum Gasteiger partial charge on any atom is 0.573 e. The SMILES string of the molecule is N#Cc1ccc(NCC2CC3CC(Cl)CCC3NC2=O)cc1OC(F)(F)F. The van der Waals surface area contributed by atoms with Crippen molar-refractivity contribution in [1.29, 1.82) is 5.26 Å². The zero-order valence-corrected chi connectivity index (χ0v) is 15.1. The molecule has 0 spiro atoms. The number of carbonyl (C=O) groups excluding carboxylic acids is 1. The first-order valence-electron chi connectivity index (χ1n) is 8.73. The lowest BCUT2D eigenvalue weighted by atomic mass is 9.75. The maximum atomic E-state index is 12.5. The molecule has 3 rings (SSSR count). The second-order valence-corrected chi connectivity index (χ2v) is 7.59. The number of benzene rings is 1. The molecule has 1 aromatic carbocycles. The zero-order chi connectivity index (χ0) is 19.6. The third kappa shape index (κ3) is 4.98. The van der Waals surface area contributed by atoms with Crippen LogP contribution in [0.15, 0.2) is 18.2 Å². The molecule has 2 aliphatic rings. The molecule has 9 heteroatoms. The molecular weight excluding hydrogens is 383 g/mol. The molecule has 1 aliphatic heterocycles. The molecule has 1 saturated carbocycles. The fraction of sp³-hybridized carbons (Fsp3) is 0.556. The van der Waals surface area contributed by atoms with Crippen LogP contribution >= 0.6 is 11.6 Å². The van der Waals surface area contributed by atoms with Gasteiger partial charge in [0.1, 0.15) is 11.8 Å². The molecule has 0 bridgehead atoms. The number of nitriles is 1. The van der Waals surface area contributed by atoms with Crippen molar-refractivity contribution in [3.8, 4) is 11.8 Å². The second kappa shape index (κ2) is 7.85. The summed E-state index contributed by atoms with van der Waals surface area (Å²) in [7, 11) is 0. The molecule has 0 radical (unpaired) electrons. The highest BCUT2D eigenvalue weighted by atomic mass is 35.5. The van der Waals surface area contributed by atoms with Gasteiger partial charge in [0, 0.05) is 29.7 Å². The topological polar surface area (TPSA) is 74.2 Å². The highest BCUT2D eigenvalue weighted by molar-refractivity contribution is 6.20. The minimum absolute atomic E-state index is 0.0582. The minimum atomic E-state index is -4.89. The Kier molecular flexibility index (Phi) is 5.70. The Balaban J connectivity index is 1.65. The van der Waals surface area contributed by atoms with Gasteiger partial charge >= 0.3 is 6.36 Å². The highest BCUT2D eigenvalue weighted by Crippen LogP contribution is 2.36. The van der Waals surface area contributed by atoms with Gasteiger partial charge in [-0.05, 0) is 43.7 Å². The van der Waals surface area contributed by atoms with Crippen molar-refractivity contribution in [2.24, 2.45) is 11.8 Å². The van der Waals surface area contributed by atoms with Crippen LogP contribution in [-0.2, 0) is 4.79 Å². The average molecular weight is 402 g/mol. The Hall–Kier alpha value is -2.14. The molecule has 27 heavy (non-hydrogen) atoms. The molecule has 0 aromatic heterocycles. The highest BCUT2D eigenvalue weighted by Gasteiger charge is 2.39. The van der Waals surface area contributed by atoms with Crippen molar-refractivity contribution in [1.82, 2.24) is 5.32 Å². The largest absolute Gasteiger partial charge is 0.573 e. The lowest BCUT2D eigenvalue weighted by Gasteiger charge is -2.41. The number of hydrogen-bond acceptors (Lipinski definition) is 4. The van der Waals surface area contributed by atoms with Crippen LogP contribution < -0.4 is 15.4 Å². The number of fused-ring (bicyclic) bond motifs is 1. The molecule has 1 aromatic rings. The summed E-state index contributed by atoms with van der Waals surface area (Å²) < 4.78 is 41.4. The summed E-state index contributed by atoms with van der Waals surface area (Å²) in [5.41, 5.74) is 0.133. The maximum absolute atomic E-state index is 12.5. The normalized spacial score (nSPS) is 27.9. The summed E-state index contributed by atoms with van der Waals surface area (Å²) in [5.74, 6) is -0.607. The first-order chi connectivity index (χ1) is 12.7. The molecule has 146 valence electrons. The van der Waals surface area contributed by atoms with Crippen molar-refractivity contribution in [3.05, 3.63) is 23.8 Å². The number of ether oxygens (including phenoxy) is 1. The van der Waals surface area contributed by atoms with E-state index in [0.717, 1.165) is 25.3 Å². The number of anilines is 1. The first kappa shape index (κ1) is 19.6. The number of rotatable bonds is 4. The number of halogens is 4. The van der Waals surface area contributed by atoms with E-state index in [-0.39, 0.29) is 35.4 Å². The van der Waals surface area contributed by atoms with E-state index >= 15 is 0 Å². The van der Waals surface area contributed by atoms with Gasteiger partial charge in [-0.2, -0.15) is 5.26 Å². The summed E-state index contributed by atoms with van der Waals surface area (Å²) in [5, 5.41) is 15.1. The van der Waals surface area contributed by atoms with Crippen LogP contribution in [-0.4, -0.2) is 30.2 Å². The standard InChI is InChI=1S/C18H19ClF3N3O2/c19-13-2-4-15-11(6-13)5-12(17(26)25-15)9-24-14-3-1-10(8-23)16(7-14)27-18(20,21)22/h1,3,7,11-13,15,24H,2,4-6,9H2,(H,25,26). The molecule has 1 amide bonds. The van der Waals surface area contributed by atoms with E-state index < -0.39 is 12.1 Å². The first-order valence-corrected chi connectivity index (χ1v) is 9.17. The van der Waals surface area contributed by atoms with Gasteiger partial charge < -0.3 is 15.4 Å². The number of carbonyl (C=O) groups is 1. The fourth-order valence-electron chi connectivity index (χ4n) is 3.78. The number of piperidine rings is 1. The van der Waals surface area contributed by atoms with E-state index in [4.69, 9.17) is 16.9 Å². The Morgan fingerprint density at radius 2 is 2.11 bits per heavy atom. The third-order valence-corrected chi connectivity index (χ3v) is 5.48. The smallest absolute Gasteiger partial charge is 0.404 e. The van der Waals surface area contributed by atoms with Gasteiger partial charge in [0.05, 0.1) is 11.5 Å². The van der Waals surface area contributed by atoms with E-state index in [1.807, 2.05) is 0 Å². The minimum Gasteiger partial charge on any atom is -0.404 e. The number of amides is 1. The van der Waals surface area contributed by atoms with Crippen LogP contribution in [0.1, 0.15) is 31.2 Å². The zero-order valence-electron chi connectivity index (χ0n) is 14.4. The van der Waals surface area contributed by atoms with Gasteiger partial charge in [-0.3, -0.25) is 4.79 Å². The Bertz CT molecular complexity index is 750. The second-order valence-electron chi connectivity index (χ2n) is 6.97. The van der Waals surface area contributed by atoms with Gasteiger partial charge in [0.2, 0.25) is 5.91 Å². The lowest BCUT2D eigenvalue weighted by molar-refractivity contribution is -0.274. The number of alkyl halides is 4. The Labute approximate surface area is 159 Å². The van der Waals surface area contributed by atoms with E-state index in [1.165, 1.54) is 12.1 Å². The molecule has 2 N–H and O–H groups in total. The fourth-order valence-corrected chi connectivity index (χ4v) is 4.14. The summed E-state index contributed by atoms with van der Waals surface area (Å²) in [6, 6.07) is 5.67. The van der Waals surface area contributed by atoms with Crippen molar-refractivity contribution in [2.45, 2.75) is 43.5 Å². The van der Waals surface area contributed by atoms with Crippen molar-refractivity contribution < 1.29 is 22.7 Å². The van der Waals surface area contributed by atoms with Crippen LogP contribution in [0.25, 0.3) is 0 Å². The third-order valence-electron chi connectivity index (χ3n) is 5.08. The van der Waals surface area contributed by atoms with Crippen LogP contribution in [0.3, 0.4) is 0 Å². The van der Waals surface area contributed by atoms with Gasteiger partial charge in [-0.25, -0.2) is 0 Å². The lowest BCUT2D eigenvalue weighted by Crippen LogP contribution is -2.53. The van der Waals surface area contributed by atoms with Crippen LogP contribution in [0.2, 0.25) is 0 Å². The number of nitrogens with zero attached hydrogens (tertiary/aromatic N) is 1.